The van der Waals surface area contributed by atoms with Crippen LogP contribution in [0, 0.1) is 0 Å². The maximum Gasteiger partial charge on any atom is 0.132 e. The zero-order valence-corrected chi connectivity index (χ0v) is 27.3. The van der Waals surface area contributed by atoms with E-state index in [9.17, 15) is 0 Å². The molecule has 2 aliphatic rings. The van der Waals surface area contributed by atoms with Crippen molar-refractivity contribution in [1.82, 2.24) is 4.98 Å². The van der Waals surface area contributed by atoms with E-state index >= 15 is 0 Å². The van der Waals surface area contributed by atoms with Crippen LogP contribution >= 0.6 is 0 Å². The van der Waals surface area contributed by atoms with E-state index in [1.807, 2.05) is 0 Å². The maximum atomic E-state index is 6.70. The number of ether oxygens (including phenoxy) is 1. The van der Waals surface area contributed by atoms with Crippen LogP contribution < -0.4 is 4.74 Å². The van der Waals surface area contributed by atoms with Gasteiger partial charge in [-0.1, -0.05) is 152 Å². The monoisotopic (exact) mass is 637 g/mol. The number of nitrogens with zero attached hydrogens (tertiary/aromatic N) is 1. The van der Waals surface area contributed by atoms with Gasteiger partial charge in [0, 0.05) is 22.3 Å². The number of hydrogen-bond acceptors (Lipinski definition) is 2. The summed E-state index contributed by atoms with van der Waals surface area (Å²) in [5.41, 5.74) is 15.5. The van der Waals surface area contributed by atoms with Gasteiger partial charge in [-0.05, 0) is 80.9 Å². The molecule has 1 aliphatic heterocycles. The Morgan fingerprint density at radius 1 is 0.320 bits per heavy atom. The first-order valence-corrected chi connectivity index (χ1v) is 17.1. The topological polar surface area (TPSA) is 22.1 Å². The SMILES string of the molecule is c1ccc(-c2ccc(-c3cc(-c4ccccc4)nc(-c4ccc5c(c4)C4(c6ccccc6O5)c5ccccc5-c5ccccc54)c3)cc2)cc1. The number of pyridine rings is 1. The van der Waals surface area contributed by atoms with Crippen molar-refractivity contribution in [3.63, 3.8) is 0 Å². The third kappa shape index (κ3) is 4.32. The van der Waals surface area contributed by atoms with Gasteiger partial charge in [-0.2, -0.15) is 0 Å². The van der Waals surface area contributed by atoms with Crippen LogP contribution in [0.1, 0.15) is 22.3 Å². The van der Waals surface area contributed by atoms with E-state index in [4.69, 9.17) is 9.72 Å². The molecule has 0 saturated carbocycles. The maximum absolute atomic E-state index is 6.70. The van der Waals surface area contributed by atoms with Crippen molar-refractivity contribution in [3.8, 4) is 67.4 Å². The molecule has 0 unspecified atom stereocenters. The van der Waals surface area contributed by atoms with Crippen LogP contribution in [0.4, 0.5) is 0 Å². The average molecular weight is 638 g/mol. The highest BCUT2D eigenvalue weighted by Crippen LogP contribution is 2.62. The van der Waals surface area contributed by atoms with Crippen LogP contribution in [-0.2, 0) is 5.41 Å². The van der Waals surface area contributed by atoms with Crippen LogP contribution in [0.25, 0.3) is 55.9 Å². The van der Waals surface area contributed by atoms with E-state index in [1.165, 1.54) is 33.4 Å². The van der Waals surface area contributed by atoms with Crippen molar-refractivity contribution in [1.29, 1.82) is 0 Å². The Morgan fingerprint density at radius 3 is 1.44 bits per heavy atom. The van der Waals surface area contributed by atoms with Gasteiger partial charge in [0.1, 0.15) is 11.5 Å². The molecule has 0 amide bonds. The standard InChI is InChI=1S/C48H31NO/c1-3-13-32(14-4-1)33-23-25-34(26-24-33)37-30-44(35-15-5-2-6-16-35)49-45(31-37)36-27-28-47-43(29-36)48(42-21-11-12-22-46(42)50-47)40-19-9-7-17-38(40)39-18-8-10-20-41(39)48/h1-31H. The largest absolute Gasteiger partial charge is 0.457 e. The molecule has 1 aromatic heterocycles. The fourth-order valence-electron chi connectivity index (χ4n) is 8.10. The molecule has 0 N–H and O–H groups in total. The molecule has 8 aromatic rings. The molecule has 2 heteroatoms. The number of fused-ring (bicyclic) bond motifs is 9. The Bertz CT molecular complexity index is 2510. The van der Waals surface area contributed by atoms with E-state index in [0.29, 0.717) is 0 Å². The normalized spacial score (nSPS) is 13.1. The number of benzene rings is 7. The second kappa shape index (κ2) is 11.3. The predicted molar refractivity (Wildman–Crippen MR) is 203 cm³/mol. The Labute approximate surface area is 292 Å². The highest BCUT2D eigenvalue weighted by Gasteiger charge is 2.51. The first kappa shape index (κ1) is 28.5. The van der Waals surface area contributed by atoms with Gasteiger partial charge in [0.15, 0.2) is 0 Å². The molecule has 0 saturated heterocycles. The lowest BCUT2D eigenvalue weighted by molar-refractivity contribution is 0.436. The van der Waals surface area contributed by atoms with Crippen molar-refractivity contribution in [2.24, 2.45) is 0 Å². The summed E-state index contributed by atoms with van der Waals surface area (Å²) in [6, 6.07) is 67.1. The fraction of sp³-hybridized carbons (Fsp3) is 0.0208. The van der Waals surface area contributed by atoms with Crippen molar-refractivity contribution in [3.05, 3.63) is 210 Å². The van der Waals surface area contributed by atoms with Crippen molar-refractivity contribution < 1.29 is 4.74 Å². The molecular weight excluding hydrogens is 607 g/mol. The third-order valence-corrected chi connectivity index (χ3v) is 10.4. The van der Waals surface area contributed by atoms with Crippen LogP contribution in [-0.4, -0.2) is 4.98 Å². The molecule has 2 nitrogen and oxygen atoms in total. The third-order valence-electron chi connectivity index (χ3n) is 10.4. The molecule has 0 fully saturated rings. The van der Waals surface area contributed by atoms with Crippen LogP contribution in [0.2, 0.25) is 0 Å². The molecule has 1 aliphatic carbocycles. The molecule has 50 heavy (non-hydrogen) atoms. The van der Waals surface area contributed by atoms with E-state index < -0.39 is 5.41 Å². The summed E-state index contributed by atoms with van der Waals surface area (Å²) < 4.78 is 6.70. The fourth-order valence-corrected chi connectivity index (χ4v) is 8.10. The number of hydrogen-bond donors (Lipinski definition) is 0. The van der Waals surface area contributed by atoms with Gasteiger partial charge >= 0.3 is 0 Å². The second-order valence-electron chi connectivity index (χ2n) is 13.1. The summed E-state index contributed by atoms with van der Waals surface area (Å²) in [6.07, 6.45) is 0. The summed E-state index contributed by atoms with van der Waals surface area (Å²) in [6.45, 7) is 0. The molecule has 0 bridgehead atoms. The molecule has 0 atom stereocenters. The zero-order chi connectivity index (χ0) is 33.1. The molecule has 0 radical (unpaired) electrons. The molecule has 10 rings (SSSR count). The first-order valence-electron chi connectivity index (χ1n) is 17.1. The molecule has 1 spiro atoms. The van der Waals surface area contributed by atoms with Gasteiger partial charge in [0.05, 0.1) is 16.8 Å². The molecular formula is C48H31NO. The second-order valence-corrected chi connectivity index (χ2v) is 13.1. The van der Waals surface area contributed by atoms with E-state index in [2.05, 4.69) is 188 Å². The number of rotatable bonds is 4. The minimum Gasteiger partial charge on any atom is -0.457 e. The lowest BCUT2D eigenvalue weighted by Gasteiger charge is -2.39. The Balaban J connectivity index is 1.18. The Kier molecular flexibility index (Phi) is 6.43. The van der Waals surface area contributed by atoms with Crippen LogP contribution in [0.5, 0.6) is 11.5 Å². The quantitative estimate of drug-likeness (QED) is 0.192. The van der Waals surface area contributed by atoms with Crippen molar-refractivity contribution in [2.75, 3.05) is 0 Å². The number of aromatic nitrogens is 1. The van der Waals surface area contributed by atoms with Gasteiger partial charge in [0.2, 0.25) is 0 Å². The zero-order valence-electron chi connectivity index (χ0n) is 27.3. The summed E-state index contributed by atoms with van der Waals surface area (Å²) in [5, 5.41) is 0. The lowest BCUT2D eigenvalue weighted by atomic mass is 9.66. The minimum absolute atomic E-state index is 0.527. The van der Waals surface area contributed by atoms with Crippen LogP contribution in [0.3, 0.4) is 0 Å². The van der Waals surface area contributed by atoms with Gasteiger partial charge in [-0.15, -0.1) is 0 Å². The predicted octanol–water partition coefficient (Wildman–Crippen LogP) is 12.2. The molecule has 7 aromatic carbocycles. The Hall–Kier alpha value is -6.51. The molecule has 234 valence electrons. The summed E-state index contributed by atoms with van der Waals surface area (Å²) >= 11 is 0. The number of para-hydroxylation sites is 1. The van der Waals surface area contributed by atoms with Gasteiger partial charge in [0.25, 0.3) is 0 Å². The summed E-state index contributed by atoms with van der Waals surface area (Å²) in [7, 11) is 0. The van der Waals surface area contributed by atoms with Crippen molar-refractivity contribution >= 4 is 0 Å². The summed E-state index contributed by atoms with van der Waals surface area (Å²) in [4.78, 5) is 5.32. The Morgan fingerprint density at radius 2 is 0.780 bits per heavy atom. The van der Waals surface area contributed by atoms with Crippen molar-refractivity contribution in [2.45, 2.75) is 5.41 Å². The van der Waals surface area contributed by atoms with E-state index in [0.717, 1.165) is 56.3 Å². The lowest BCUT2D eigenvalue weighted by Crippen LogP contribution is -2.32. The highest BCUT2D eigenvalue weighted by atomic mass is 16.5. The minimum atomic E-state index is -0.527. The average Bonchev–Trinajstić information content (AvgIpc) is 3.49. The van der Waals surface area contributed by atoms with E-state index in [1.54, 1.807) is 0 Å². The van der Waals surface area contributed by atoms with Gasteiger partial charge in [-0.3, -0.25) is 0 Å². The highest BCUT2D eigenvalue weighted by molar-refractivity contribution is 5.89. The van der Waals surface area contributed by atoms with Crippen LogP contribution in [0.15, 0.2) is 188 Å². The van der Waals surface area contributed by atoms with Gasteiger partial charge in [-0.25, -0.2) is 4.98 Å². The first-order chi connectivity index (χ1) is 24.8. The smallest absolute Gasteiger partial charge is 0.132 e. The van der Waals surface area contributed by atoms with E-state index in [-0.39, 0.29) is 0 Å². The summed E-state index contributed by atoms with van der Waals surface area (Å²) in [5.74, 6) is 1.76. The molecule has 2 heterocycles. The van der Waals surface area contributed by atoms with Gasteiger partial charge < -0.3 is 4.74 Å².